The zero-order chi connectivity index (χ0) is 19.8. The first-order valence-electron chi connectivity index (χ1n) is 9.60. The number of nitrogens with one attached hydrogen (secondary N) is 2. The van der Waals surface area contributed by atoms with Crippen LogP contribution in [0.5, 0.6) is 0 Å². The van der Waals surface area contributed by atoms with Crippen molar-refractivity contribution in [1.82, 2.24) is 10.3 Å². The van der Waals surface area contributed by atoms with E-state index in [0.29, 0.717) is 29.6 Å². The third kappa shape index (κ3) is 7.66. The number of carboxylic acid groups (broad SMARTS) is 1. The Morgan fingerprint density at radius 1 is 1.26 bits per heavy atom. The largest absolute Gasteiger partial charge is 0.480 e. The van der Waals surface area contributed by atoms with Gasteiger partial charge in [0, 0.05) is 11.8 Å². The molecule has 3 N–H and O–H groups in total. The highest BCUT2D eigenvalue weighted by atomic mass is 32.1. The average molecular weight is 396 g/mol. The molecule has 8 heteroatoms. The third-order valence-electron chi connectivity index (χ3n) is 4.73. The van der Waals surface area contributed by atoms with Gasteiger partial charge in [0.25, 0.3) is 0 Å². The maximum absolute atomic E-state index is 12.1. The lowest BCUT2D eigenvalue weighted by Gasteiger charge is -2.16. The second-order valence-electron chi connectivity index (χ2n) is 7.65. The first-order valence-corrected chi connectivity index (χ1v) is 10.5. The molecule has 150 valence electrons. The van der Waals surface area contributed by atoms with Crippen molar-refractivity contribution in [3.05, 3.63) is 11.1 Å². The van der Waals surface area contributed by atoms with Gasteiger partial charge < -0.3 is 15.7 Å². The SMILES string of the molecule is CC(C)CC(NC(=O)Cc1csc(NC(=O)CCC2CCCC2)n1)C(=O)O. The van der Waals surface area contributed by atoms with E-state index in [1.807, 2.05) is 13.8 Å². The number of carbonyl (C=O) groups is 3. The normalized spacial score (nSPS) is 15.7. The van der Waals surface area contributed by atoms with E-state index in [1.54, 1.807) is 5.38 Å². The molecule has 0 saturated heterocycles. The van der Waals surface area contributed by atoms with Gasteiger partial charge in [-0.15, -0.1) is 11.3 Å². The van der Waals surface area contributed by atoms with Crippen molar-refractivity contribution in [1.29, 1.82) is 0 Å². The van der Waals surface area contributed by atoms with Gasteiger partial charge in [-0.1, -0.05) is 39.5 Å². The summed E-state index contributed by atoms with van der Waals surface area (Å²) in [6.07, 6.45) is 6.76. The number of nitrogens with zero attached hydrogens (tertiary/aromatic N) is 1. The molecule has 1 aliphatic carbocycles. The predicted octanol–water partition coefficient (Wildman–Crippen LogP) is 3.21. The van der Waals surface area contributed by atoms with Gasteiger partial charge >= 0.3 is 5.97 Å². The number of hydrogen-bond acceptors (Lipinski definition) is 5. The number of aromatic nitrogens is 1. The molecule has 0 spiro atoms. The lowest BCUT2D eigenvalue weighted by Crippen LogP contribution is -2.42. The van der Waals surface area contributed by atoms with E-state index in [-0.39, 0.29) is 24.2 Å². The second kappa shape index (κ2) is 10.4. The highest BCUT2D eigenvalue weighted by molar-refractivity contribution is 7.13. The van der Waals surface area contributed by atoms with Crippen LogP contribution in [0.15, 0.2) is 5.38 Å². The minimum Gasteiger partial charge on any atom is -0.480 e. The van der Waals surface area contributed by atoms with Gasteiger partial charge in [0.1, 0.15) is 6.04 Å². The number of amides is 2. The fourth-order valence-corrected chi connectivity index (χ4v) is 4.09. The molecule has 27 heavy (non-hydrogen) atoms. The van der Waals surface area contributed by atoms with Crippen molar-refractivity contribution < 1.29 is 19.5 Å². The number of rotatable bonds is 10. The van der Waals surface area contributed by atoms with Crippen molar-refractivity contribution in [2.24, 2.45) is 11.8 Å². The molecule has 1 aromatic rings. The fourth-order valence-electron chi connectivity index (χ4n) is 3.36. The van der Waals surface area contributed by atoms with E-state index in [9.17, 15) is 19.5 Å². The van der Waals surface area contributed by atoms with Crippen LogP contribution in [0.25, 0.3) is 0 Å². The van der Waals surface area contributed by atoms with E-state index < -0.39 is 12.0 Å². The first kappa shape index (κ1) is 21.3. The maximum Gasteiger partial charge on any atom is 0.326 e. The molecule has 1 fully saturated rings. The summed E-state index contributed by atoms with van der Waals surface area (Å²) in [6, 6.07) is -0.897. The quantitative estimate of drug-likeness (QED) is 0.564. The molecular formula is C19H29N3O4S. The highest BCUT2D eigenvalue weighted by Gasteiger charge is 2.22. The topological polar surface area (TPSA) is 108 Å². The summed E-state index contributed by atoms with van der Waals surface area (Å²) in [5.74, 6) is -0.635. The van der Waals surface area contributed by atoms with Crippen molar-refractivity contribution in [2.45, 2.75) is 71.3 Å². The van der Waals surface area contributed by atoms with Crippen LogP contribution in [0, 0.1) is 11.8 Å². The molecule has 1 heterocycles. The Hall–Kier alpha value is -1.96. The Bertz CT molecular complexity index is 653. The van der Waals surface area contributed by atoms with Gasteiger partial charge in [0.05, 0.1) is 12.1 Å². The Labute approximate surface area is 164 Å². The van der Waals surface area contributed by atoms with Crippen molar-refractivity contribution >= 4 is 34.3 Å². The summed E-state index contributed by atoms with van der Waals surface area (Å²) in [5.41, 5.74) is 0.525. The molecule has 2 rings (SSSR count). The van der Waals surface area contributed by atoms with Gasteiger partial charge in [-0.2, -0.15) is 0 Å². The predicted molar refractivity (Wildman–Crippen MR) is 105 cm³/mol. The Kier molecular flexibility index (Phi) is 8.22. The van der Waals surface area contributed by atoms with Crippen molar-refractivity contribution in [3.8, 4) is 0 Å². The lowest BCUT2D eigenvalue weighted by atomic mass is 10.0. The Balaban J connectivity index is 1.77. The van der Waals surface area contributed by atoms with E-state index in [2.05, 4.69) is 15.6 Å². The molecule has 1 saturated carbocycles. The highest BCUT2D eigenvalue weighted by Crippen LogP contribution is 2.28. The molecule has 7 nitrogen and oxygen atoms in total. The number of anilines is 1. The molecule has 1 unspecified atom stereocenters. The number of thiazole rings is 1. The summed E-state index contributed by atoms with van der Waals surface area (Å²) >= 11 is 1.27. The molecule has 0 aromatic carbocycles. The average Bonchev–Trinajstić information content (AvgIpc) is 3.23. The van der Waals surface area contributed by atoms with Crippen LogP contribution in [0.1, 0.15) is 64.5 Å². The van der Waals surface area contributed by atoms with Crippen LogP contribution < -0.4 is 10.6 Å². The Morgan fingerprint density at radius 2 is 1.96 bits per heavy atom. The minimum atomic E-state index is -1.04. The van der Waals surface area contributed by atoms with Crippen LogP contribution in [0.2, 0.25) is 0 Å². The minimum absolute atomic E-state index is 0.00365. The fraction of sp³-hybridized carbons (Fsp3) is 0.684. The van der Waals surface area contributed by atoms with Crippen LogP contribution in [0.3, 0.4) is 0 Å². The molecule has 1 aromatic heterocycles. The molecule has 0 bridgehead atoms. The second-order valence-corrected chi connectivity index (χ2v) is 8.50. The van der Waals surface area contributed by atoms with E-state index in [0.717, 1.165) is 6.42 Å². The summed E-state index contributed by atoms with van der Waals surface area (Å²) in [7, 11) is 0. The van der Waals surface area contributed by atoms with Crippen LogP contribution in [0.4, 0.5) is 5.13 Å². The van der Waals surface area contributed by atoms with Crippen molar-refractivity contribution in [2.75, 3.05) is 5.32 Å². The molecule has 2 amide bonds. The summed E-state index contributed by atoms with van der Waals surface area (Å²) in [5, 5.41) is 16.7. The number of carboxylic acids is 1. The van der Waals surface area contributed by atoms with Gasteiger partial charge in [-0.05, 0) is 24.7 Å². The smallest absolute Gasteiger partial charge is 0.326 e. The molecule has 0 aliphatic heterocycles. The number of hydrogen-bond donors (Lipinski definition) is 3. The summed E-state index contributed by atoms with van der Waals surface area (Å²) < 4.78 is 0. The van der Waals surface area contributed by atoms with Gasteiger partial charge in [0.2, 0.25) is 11.8 Å². The van der Waals surface area contributed by atoms with Gasteiger partial charge in [-0.25, -0.2) is 9.78 Å². The van der Waals surface area contributed by atoms with Crippen LogP contribution in [-0.2, 0) is 20.8 Å². The number of carbonyl (C=O) groups excluding carboxylic acids is 2. The Morgan fingerprint density at radius 3 is 2.59 bits per heavy atom. The van der Waals surface area contributed by atoms with Gasteiger partial charge in [-0.3, -0.25) is 9.59 Å². The van der Waals surface area contributed by atoms with E-state index >= 15 is 0 Å². The first-order chi connectivity index (χ1) is 12.8. The number of aliphatic carboxylic acids is 1. The molecule has 0 radical (unpaired) electrons. The van der Waals surface area contributed by atoms with E-state index in [4.69, 9.17) is 0 Å². The molecule has 1 aliphatic rings. The molecular weight excluding hydrogens is 366 g/mol. The monoisotopic (exact) mass is 395 g/mol. The summed E-state index contributed by atoms with van der Waals surface area (Å²) in [4.78, 5) is 39.6. The van der Waals surface area contributed by atoms with Crippen molar-refractivity contribution in [3.63, 3.8) is 0 Å². The summed E-state index contributed by atoms with van der Waals surface area (Å²) in [6.45, 7) is 3.81. The standard InChI is InChI=1S/C19H29N3O4S/c1-12(2)9-15(18(25)26)21-17(24)10-14-11-27-19(20-14)22-16(23)8-7-13-5-3-4-6-13/h11-13,15H,3-10H2,1-2H3,(H,21,24)(H,25,26)(H,20,22,23). The van der Waals surface area contributed by atoms with Crippen LogP contribution >= 0.6 is 11.3 Å². The maximum atomic E-state index is 12.1. The van der Waals surface area contributed by atoms with Crippen LogP contribution in [-0.4, -0.2) is 33.9 Å². The van der Waals surface area contributed by atoms with E-state index in [1.165, 1.54) is 37.0 Å². The van der Waals surface area contributed by atoms with Gasteiger partial charge in [0.15, 0.2) is 5.13 Å². The zero-order valence-corrected chi connectivity index (χ0v) is 16.8. The zero-order valence-electron chi connectivity index (χ0n) is 16.0. The lowest BCUT2D eigenvalue weighted by molar-refractivity contribution is -0.142. The third-order valence-corrected chi connectivity index (χ3v) is 5.54. The molecule has 1 atom stereocenters.